The number of aryl methyl sites for hydroxylation is 4. The zero-order valence-electron chi connectivity index (χ0n) is 11.6. The number of aliphatic hydroxyl groups is 1. The molecule has 1 aliphatic rings. The molecule has 3 rings (SSSR count). The third-order valence-corrected chi connectivity index (χ3v) is 5.29. The second-order valence-corrected chi connectivity index (χ2v) is 6.74. The van der Waals surface area contributed by atoms with Crippen molar-refractivity contribution in [3.8, 4) is 0 Å². The van der Waals surface area contributed by atoms with E-state index in [1.165, 1.54) is 47.3 Å². The van der Waals surface area contributed by atoms with Gasteiger partial charge in [0, 0.05) is 9.75 Å². The van der Waals surface area contributed by atoms with Gasteiger partial charge in [-0.2, -0.15) is 0 Å². The average molecular weight is 272 g/mol. The van der Waals surface area contributed by atoms with Crippen LogP contribution in [0.15, 0.2) is 24.3 Å². The fraction of sp³-hybridized carbons (Fsp3) is 0.412. The summed E-state index contributed by atoms with van der Waals surface area (Å²) in [5.41, 5.74) is 4.94. The quantitative estimate of drug-likeness (QED) is 0.863. The van der Waals surface area contributed by atoms with Crippen molar-refractivity contribution in [2.24, 2.45) is 0 Å². The Hall–Kier alpha value is -1.12. The average Bonchev–Trinajstić information content (AvgIpc) is 2.81. The van der Waals surface area contributed by atoms with Crippen molar-refractivity contribution < 1.29 is 5.11 Å². The zero-order valence-corrected chi connectivity index (χ0v) is 12.4. The van der Waals surface area contributed by atoms with E-state index < -0.39 is 6.10 Å². The van der Waals surface area contributed by atoms with Gasteiger partial charge in [0.15, 0.2) is 0 Å². The summed E-state index contributed by atoms with van der Waals surface area (Å²) in [6.07, 6.45) is 4.51. The van der Waals surface area contributed by atoms with Gasteiger partial charge >= 0.3 is 0 Å². The first kappa shape index (κ1) is 12.9. The van der Waals surface area contributed by atoms with Gasteiger partial charge < -0.3 is 5.11 Å². The van der Waals surface area contributed by atoms with E-state index in [0.717, 1.165) is 10.4 Å². The van der Waals surface area contributed by atoms with Gasteiger partial charge in [0.25, 0.3) is 0 Å². The van der Waals surface area contributed by atoms with E-state index in [4.69, 9.17) is 0 Å². The Kier molecular flexibility index (Phi) is 3.46. The summed E-state index contributed by atoms with van der Waals surface area (Å²) in [6.45, 7) is 4.17. The van der Waals surface area contributed by atoms with Gasteiger partial charge in [0.05, 0.1) is 0 Å². The SMILES string of the molecule is Cc1ccc(C(O)c2cc3c(s2)CCCC3)c(C)c1. The van der Waals surface area contributed by atoms with E-state index in [-0.39, 0.29) is 0 Å². The fourth-order valence-electron chi connectivity index (χ4n) is 2.93. The summed E-state index contributed by atoms with van der Waals surface area (Å²) in [5, 5.41) is 10.6. The molecular weight excluding hydrogens is 252 g/mol. The molecule has 0 aliphatic heterocycles. The van der Waals surface area contributed by atoms with Crippen LogP contribution in [0.1, 0.15) is 51.0 Å². The van der Waals surface area contributed by atoms with Gasteiger partial charge in [0.1, 0.15) is 6.10 Å². The Morgan fingerprint density at radius 1 is 1.11 bits per heavy atom. The van der Waals surface area contributed by atoms with Crippen LogP contribution in [0, 0.1) is 13.8 Å². The smallest absolute Gasteiger partial charge is 0.113 e. The minimum Gasteiger partial charge on any atom is -0.383 e. The molecule has 0 spiro atoms. The van der Waals surface area contributed by atoms with Crippen LogP contribution >= 0.6 is 11.3 Å². The van der Waals surface area contributed by atoms with Gasteiger partial charge in [0.2, 0.25) is 0 Å². The monoisotopic (exact) mass is 272 g/mol. The second kappa shape index (κ2) is 5.10. The third-order valence-electron chi connectivity index (χ3n) is 4.01. The molecule has 19 heavy (non-hydrogen) atoms. The molecular formula is C17H20OS. The molecule has 0 radical (unpaired) electrons. The minimum atomic E-state index is -0.462. The van der Waals surface area contributed by atoms with E-state index >= 15 is 0 Å². The van der Waals surface area contributed by atoms with E-state index in [1.807, 2.05) is 0 Å². The molecule has 1 N–H and O–H groups in total. The van der Waals surface area contributed by atoms with Crippen LogP contribution in [-0.2, 0) is 12.8 Å². The molecule has 1 aromatic carbocycles. The minimum absolute atomic E-state index is 0.462. The highest BCUT2D eigenvalue weighted by molar-refractivity contribution is 7.12. The molecule has 100 valence electrons. The largest absolute Gasteiger partial charge is 0.383 e. The first-order valence-electron chi connectivity index (χ1n) is 7.02. The second-order valence-electron chi connectivity index (χ2n) is 5.57. The normalized spacial score (nSPS) is 16.2. The first-order chi connectivity index (χ1) is 9.15. The third kappa shape index (κ3) is 2.47. The summed E-state index contributed by atoms with van der Waals surface area (Å²) >= 11 is 1.80. The lowest BCUT2D eigenvalue weighted by atomic mass is 9.97. The predicted octanol–water partition coefficient (Wildman–Crippen LogP) is 4.33. The number of aliphatic hydroxyl groups excluding tert-OH is 1. The van der Waals surface area contributed by atoms with Gasteiger partial charge in [-0.15, -0.1) is 11.3 Å². The van der Waals surface area contributed by atoms with Crippen molar-refractivity contribution in [2.45, 2.75) is 45.6 Å². The Balaban J connectivity index is 1.94. The van der Waals surface area contributed by atoms with Crippen molar-refractivity contribution in [1.29, 1.82) is 0 Å². The van der Waals surface area contributed by atoms with Crippen molar-refractivity contribution >= 4 is 11.3 Å². The lowest BCUT2D eigenvalue weighted by Gasteiger charge is -2.12. The Morgan fingerprint density at radius 2 is 1.89 bits per heavy atom. The maximum Gasteiger partial charge on any atom is 0.113 e. The summed E-state index contributed by atoms with van der Waals surface area (Å²) in [4.78, 5) is 2.60. The molecule has 1 atom stereocenters. The van der Waals surface area contributed by atoms with Gasteiger partial charge in [-0.1, -0.05) is 23.8 Å². The van der Waals surface area contributed by atoms with E-state index in [1.54, 1.807) is 11.3 Å². The highest BCUT2D eigenvalue weighted by atomic mass is 32.1. The molecule has 0 saturated heterocycles. The van der Waals surface area contributed by atoms with E-state index in [0.29, 0.717) is 0 Å². The lowest BCUT2D eigenvalue weighted by Crippen LogP contribution is -2.00. The number of thiophene rings is 1. The molecule has 1 unspecified atom stereocenters. The summed E-state index contributed by atoms with van der Waals surface area (Å²) < 4.78 is 0. The van der Waals surface area contributed by atoms with Crippen molar-refractivity contribution in [2.75, 3.05) is 0 Å². The Bertz CT molecular complexity index is 574. The summed E-state index contributed by atoms with van der Waals surface area (Å²) in [6, 6.07) is 8.52. The maximum atomic E-state index is 10.6. The number of hydrogen-bond donors (Lipinski definition) is 1. The highest BCUT2D eigenvalue weighted by Gasteiger charge is 2.19. The van der Waals surface area contributed by atoms with E-state index in [9.17, 15) is 5.11 Å². The zero-order chi connectivity index (χ0) is 13.4. The van der Waals surface area contributed by atoms with Crippen LogP contribution in [0.5, 0.6) is 0 Å². The number of fused-ring (bicyclic) bond motifs is 1. The molecule has 0 saturated carbocycles. The van der Waals surface area contributed by atoms with Crippen LogP contribution in [-0.4, -0.2) is 5.11 Å². The van der Waals surface area contributed by atoms with Crippen LogP contribution < -0.4 is 0 Å². The van der Waals surface area contributed by atoms with Crippen LogP contribution in [0.2, 0.25) is 0 Å². The molecule has 1 nitrogen and oxygen atoms in total. The van der Waals surface area contributed by atoms with Crippen LogP contribution in [0.3, 0.4) is 0 Å². The lowest BCUT2D eigenvalue weighted by molar-refractivity contribution is 0.223. The topological polar surface area (TPSA) is 20.2 Å². The molecule has 0 bridgehead atoms. The first-order valence-corrected chi connectivity index (χ1v) is 7.83. The standard InChI is InChI=1S/C17H20OS/c1-11-7-8-14(12(2)9-11)17(18)16-10-13-5-3-4-6-15(13)19-16/h7-10,17-18H,3-6H2,1-2H3. The number of rotatable bonds is 2. The van der Waals surface area contributed by atoms with Crippen LogP contribution in [0.4, 0.5) is 0 Å². The molecule has 2 heteroatoms. The molecule has 1 aliphatic carbocycles. The fourth-order valence-corrected chi connectivity index (χ4v) is 4.20. The maximum absolute atomic E-state index is 10.6. The predicted molar refractivity (Wildman–Crippen MR) is 80.9 cm³/mol. The number of hydrogen-bond acceptors (Lipinski definition) is 2. The highest BCUT2D eigenvalue weighted by Crippen LogP contribution is 2.36. The summed E-state index contributed by atoms with van der Waals surface area (Å²) in [7, 11) is 0. The van der Waals surface area contributed by atoms with Crippen LogP contribution in [0.25, 0.3) is 0 Å². The van der Waals surface area contributed by atoms with Crippen molar-refractivity contribution in [3.63, 3.8) is 0 Å². The van der Waals surface area contributed by atoms with Gasteiger partial charge in [-0.05, 0) is 62.3 Å². The Labute approximate surface area is 118 Å². The van der Waals surface area contributed by atoms with Gasteiger partial charge in [-0.25, -0.2) is 0 Å². The Morgan fingerprint density at radius 3 is 2.63 bits per heavy atom. The van der Waals surface area contributed by atoms with E-state index in [2.05, 4.69) is 38.1 Å². The summed E-state index contributed by atoms with van der Waals surface area (Å²) in [5.74, 6) is 0. The molecule has 0 amide bonds. The molecule has 0 fully saturated rings. The van der Waals surface area contributed by atoms with Gasteiger partial charge in [-0.3, -0.25) is 0 Å². The molecule has 1 aromatic heterocycles. The molecule has 2 aromatic rings. The van der Waals surface area contributed by atoms with Crippen molar-refractivity contribution in [3.05, 3.63) is 56.3 Å². The molecule has 1 heterocycles. The van der Waals surface area contributed by atoms with Crippen molar-refractivity contribution in [1.82, 2.24) is 0 Å². The number of benzene rings is 1.